The summed E-state index contributed by atoms with van der Waals surface area (Å²) in [5, 5.41) is 9.37. The standard InChI is InChI=1S/C15H14FN3S/c16-11-5-3-10(4-6-11)13-8-14(19-18-13)12(9-17)15-2-1-7-20-15/h1-8,12H,9,17H2,(H,18,19). The molecule has 1 aromatic carbocycles. The van der Waals surface area contributed by atoms with Gasteiger partial charge in [0.05, 0.1) is 5.69 Å². The van der Waals surface area contributed by atoms with Gasteiger partial charge in [-0.1, -0.05) is 6.07 Å². The summed E-state index contributed by atoms with van der Waals surface area (Å²) in [6, 6.07) is 12.4. The maximum atomic E-state index is 12.9. The molecule has 0 saturated heterocycles. The van der Waals surface area contributed by atoms with E-state index in [1.165, 1.54) is 17.0 Å². The molecule has 0 spiro atoms. The van der Waals surface area contributed by atoms with Crippen molar-refractivity contribution in [3.63, 3.8) is 0 Å². The second-order valence-corrected chi connectivity index (χ2v) is 5.50. The van der Waals surface area contributed by atoms with Crippen molar-refractivity contribution >= 4 is 11.3 Å². The largest absolute Gasteiger partial charge is 0.329 e. The molecule has 0 fully saturated rings. The number of nitrogens with two attached hydrogens (primary N) is 1. The highest BCUT2D eigenvalue weighted by Gasteiger charge is 2.16. The summed E-state index contributed by atoms with van der Waals surface area (Å²) < 4.78 is 12.9. The Labute approximate surface area is 120 Å². The predicted molar refractivity (Wildman–Crippen MR) is 79.2 cm³/mol. The van der Waals surface area contributed by atoms with Crippen LogP contribution in [0.5, 0.6) is 0 Å². The zero-order valence-corrected chi connectivity index (χ0v) is 11.5. The Morgan fingerprint density at radius 1 is 1.25 bits per heavy atom. The number of halogens is 1. The van der Waals surface area contributed by atoms with Gasteiger partial charge in [-0.25, -0.2) is 4.39 Å². The SMILES string of the molecule is NCC(c1cc(-c2ccc(F)cc2)n[nH]1)c1cccs1. The molecule has 3 aromatic rings. The van der Waals surface area contributed by atoms with Gasteiger partial charge in [0.2, 0.25) is 0 Å². The van der Waals surface area contributed by atoms with E-state index in [2.05, 4.69) is 16.3 Å². The highest BCUT2D eigenvalue weighted by molar-refractivity contribution is 7.10. The molecule has 0 saturated carbocycles. The lowest BCUT2D eigenvalue weighted by molar-refractivity contribution is 0.628. The number of benzene rings is 1. The van der Waals surface area contributed by atoms with Crippen molar-refractivity contribution in [2.24, 2.45) is 5.73 Å². The molecule has 0 aliphatic heterocycles. The Balaban J connectivity index is 1.91. The van der Waals surface area contributed by atoms with Crippen molar-refractivity contribution in [2.75, 3.05) is 6.54 Å². The molecule has 1 atom stereocenters. The summed E-state index contributed by atoms with van der Waals surface area (Å²) >= 11 is 1.68. The van der Waals surface area contributed by atoms with Crippen LogP contribution in [0.3, 0.4) is 0 Å². The number of H-pyrrole nitrogens is 1. The average Bonchev–Trinajstić information content (AvgIpc) is 3.12. The van der Waals surface area contributed by atoms with Crippen LogP contribution in [0, 0.1) is 5.82 Å². The molecule has 5 heteroatoms. The van der Waals surface area contributed by atoms with E-state index in [0.29, 0.717) is 6.54 Å². The monoisotopic (exact) mass is 287 g/mol. The first kappa shape index (κ1) is 13.0. The summed E-state index contributed by atoms with van der Waals surface area (Å²) in [6.45, 7) is 0.519. The fraction of sp³-hybridized carbons (Fsp3) is 0.133. The minimum absolute atomic E-state index is 0.122. The van der Waals surface area contributed by atoms with Gasteiger partial charge in [0.15, 0.2) is 0 Å². The van der Waals surface area contributed by atoms with Crippen molar-refractivity contribution < 1.29 is 4.39 Å². The number of nitrogens with zero attached hydrogens (tertiary/aromatic N) is 1. The molecule has 3 rings (SSSR count). The van der Waals surface area contributed by atoms with Crippen LogP contribution in [-0.2, 0) is 0 Å². The van der Waals surface area contributed by atoms with Crippen LogP contribution in [0.1, 0.15) is 16.5 Å². The lowest BCUT2D eigenvalue weighted by Crippen LogP contribution is -2.12. The van der Waals surface area contributed by atoms with Crippen molar-refractivity contribution in [2.45, 2.75) is 5.92 Å². The van der Waals surface area contributed by atoms with Crippen molar-refractivity contribution in [3.8, 4) is 11.3 Å². The summed E-state index contributed by atoms with van der Waals surface area (Å²) in [4.78, 5) is 1.21. The number of thiophene rings is 1. The number of hydrogen-bond donors (Lipinski definition) is 2. The Morgan fingerprint density at radius 3 is 2.70 bits per heavy atom. The third-order valence-electron chi connectivity index (χ3n) is 3.24. The van der Waals surface area contributed by atoms with Crippen LogP contribution in [-0.4, -0.2) is 16.7 Å². The summed E-state index contributed by atoms with van der Waals surface area (Å²) in [5.41, 5.74) is 8.54. The number of hydrogen-bond acceptors (Lipinski definition) is 3. The van der Waals surface area contributed by atoms with Gasteiger partial charge in [-0.05, 0) is 41.8 Å². The molecule has 3 N–H and O–H groups in total. The Bertz CT molecular complexity index is 673. The van der Waals surface area contributed by atoms with Gasteiger partial charge < -0.3 is 5.73 Å². The number of aromatic amines is 1. The zero-order valence-electron chi connectivity index (χ0n) is 10.7. The van der Waals surface area contributed by atoms with Gasteiger partial charge in [0.25, 0.3) is 0 Å². The predicted octanol–water partition coefficient (Wildman–Crippen LogP) is 3.37. The zero-order chi connectivity index (χ0) is 13.9. The average molecular weight is 287 g/mol. The van der Waals surface area contributed by atoms with Crippen LogP contribution in [0.25, 0.3) is 11.3 Å². The maximum Gasteiger partial charge on any atom is 0.123 e. The van der Waals surface area contributed by atoms with Crippen LogP contribution in [0.2, 0.25) is 0 Å². The first-order valence-electron chi connectivity index (χ1n) is 6.32. The molecular weight excluding hydrogens is 273 g/mol. The molecule has 0 amide bonds. The van der Waals surface area contributed by atoms with Gasteiger partial charge in [0, 0.05) is 28.6 Å². The smallest absolute Gasteiger partial charge is 0.123 e. The Hall–Kier alpha value is -1.98. The van der Waals surface area contributed by atoms with E-state index in [-0.39, 0.29) is 11.7 Å². The lowest BCUT2D eigenvalue weighted by atomic mass is 10.0. The highest BCUT2D eigenvalue weighted by Crippen LogP contribution is 2.28. The van der Waals surface area contributed by atoms with Crippen molar-refractivity contribution in [3.05, 3.63) is 64.2 Å². The third kappa shape index (κ3) is 2.50. The molecule has 102 valence electrons. The summed E-state index contributed by atoms with van der Waals surface area (Å²) in [7, 11) is 0. The quantitative estimate of drug-likeness (QED) is 0.773. The summed E-state index contributed by atoms with van der Waals surface area (Å²) in [5.74, 6) is -0.125. The van der Waals surface area contributed by atoms with E-state index >= 15 is 0 Å². The van der Waals surface area contributed by atoms with Crippen molar-refractivity contribution in [1.29, 1.82) is 0 Å². The third-order valence-corrected chi connectivity index (χ3v) is 4.22. The molecular formula is C15H14FN3S. The minimum atomic E-state index is -0.247. The molecule has 0 aliphatic carbocycles. The lowest BCUT2D eigenvalue weighted by Gasteiger charge is -2.09. The van der Waals surface area contributed by atoms with Gasteiger partial charge in [-0.2, -0.15) is 5.10 Å². The fourth-order valence-corrected chi connectivity index (χ4v) is 3.03. The number of nitrogens with one attached hydrogen (secondary N) is 1. The number of rotatable bonds is 4. The van der Waals surface area contributed by atoms with Crippen molar-refractivity contribution in [1.82, 2.24) is 10.2 Å². The molecule has 0 bridgehead atoms. The first-order valence-corrected chi connectivity index (χ1v) is 7.20. The molecule has 2 aromatic heterocycles. The van der Waals surface area contributed by atoms with Crippen LogP contribution in [0.4, 0.5) is 4.39 Å². The van der Waals surface area contributed by atoms with Crippen LogP contribution in [0.15, 0.2) is 47.8 Å². The second kappa shape index (κ2) is 5.56. The highest BCUT2D eigenvalue weighted by atomic mass is 32.1. The van der Waals surface area contributed by atoms with Gasteiger partial charge in [0.1, 0.15) is 5.82 Å². The molecule has 2 heterocycles. The molecule has 0 aliphatic rings. The summed E-state index contributed by atoms with van der Waals surface area (Å²) in [6.07, 6.45) is 0. The topological polar surface area (TPSA) is 54.7 Å². The van der Waals surface area contributed by atoms with E-state index < -0.39 is 0 Å². The van der Waals surface area contributed by atoms with E-state index in [0.717, 1.165) is 17.0 Å². The Kier molecular flexibility index (Phi) is 3.62. The minimum Gasteiger partial charge on any atom is -0.329 e. The van der Waals surface area contributed by atoms with E-state index in [1.807, 2.05) is 17.5 Å². The number of aromatic nitrogens is 2. The van der Waals surface area contributed by atoms with Crippen LogP contribution >= 0.6 is 11.3 Å². The Morgan fingerprint density at radius 2 is 2.05 bits per heavy atom. The molecule has 0 radical (unpaired) electrons. The van der Waals surface area contributed by atoms with Gasteiger partial charge in [-0.3, -0.25) is 5.10 Å². The van der Waals surface area contributed by atoms with E-state index in [9.17, 15) is 4.39 Å². The molecule has 3 nitrogen and oxygen atoms in total. The maximum absolute atomic E-state index is 12.9. The van der Waals surface area contributed by atoms with Gasteiger partial charge in [-0.15, -0.1) is 11.3 Å². The second-order valence-electron chi connectivity index (χ2n) is 4.52. The first-order chi connectivity index (χ1) is 9.78. The van der Waals surface area contributed by atoms with E-state index in [1.54, 1.807) is 23.5 Å². The van der Waals surface area contributed by atoms with Gasteiger partial charge >= 0.3 is 0 Å². The fourth-order valence-electron chi connectivity index (χ4n) is 2.17. The van der Waals surface area contributed by atoms with Crippen LogP contribution < -0.4 is 5.73 Å². The van der Waals surface area contributed by atoms with E-state index in [4.69, 9.17) is 5.73 Å². The normalized spacial score (nSPS) is 12.5. The molecule has 1 unspecified atom stereocenters. The molecule has 20 heavy (non-hydrogen) atoms.